The van der Waals surface area contributed by atoms with Crippen molar-refractivity contribution in [3.63, 3.8) is 0 Å². The smallest absolute Gasteiger partial charge is 0.251 e. The van der Waals surface area contributed by atoms with Crippen LogP contribution in [0.4, 0.5) is 0 Å². The van der Waals surface area contributed by atoms with Crippen molar-refractivity contribution in [3.8, 4) is 5.75 Å². The molecular formula is C22H26N2O2. The van der Waals surface area contributed by atoms with E-state index in [-0.39, 0.29) is 5.91 Å². The molecule has 2 aromatic rings. The molecule has 4 heteroatoms. The Kier molecular flexibility index (Phi) is 5.21. The van der Waals surface area contributed by atoms with E-state index in [2.05, 4.69) is 40.5 Å². The van der Waals surface area contributed by atoms with E-state index in [9.17, 15) is 4.79 Å². The molecule has 0 bridgehead atoms. The van der Waals surface area contributed by atoms with Crippen LogP contribution in [-0.4, -0.2) is 36.5 Å². The van der Waals surface area contributed by atoms with E-state index in [0.717, 1.165) is 49.4 Å². The number of fused-ring (bicyclic) bond motifs is 1. The van der Waals surface area contributed by atoms with Crippen molar-refractivity contribution in [3.05, 3.63) is 65.2 Å². The number of carbonyl (C=O) groups is 1. The Labute approximate surface area is 155 Å². The molecule has 136 valence electrons. The summed E-state index contributed by atoms with van der Waals surface area (Å²) in [6, 6.07) is 16.8. The lowest BCUT2D eigenvalue weighted by molar-refractivity contribution is 0.0907. The van der Waals surface area contributed by atoms with Gasteiger partial charge in [-0.25, -0.2) is 0 Å². The number of hydrogen-bond acceptors (Lipinski definition) is 3. The van der Waals surface area contributed by atoms with Gasteiger partial charge in [0.1, 0.15) is 5.75 Å². The van der Waals surface area contributed by atoms with Crippen LogP contribution in [-0.2, 0) is 13.0 Å². The van der Waals surface area contributed by atoms with Crippen LogP contribution in [0.5, 0.6) is 5.75 Å². The van der Waals surface area contributed by atoms with Gasteiger partial charge in [0.15, 0.2) is 0 Å². The monoisotopic (exact) mass is 350 g/mol. The molecule has 4 rings (SSSR count). The number of amides is 1. The highest BCUT2D eigenvalue weighted by Gasteiger charge is 2.23. The second-order valence-electron chi connectivity index (χ2n) is 7.24. The molecule has 2 aliphatic heterocycles. The predicted molar refractivity (Wildman–Crippen MR) is 102 cm³/mol. The minimum Gasteiger partial charge on any atom is -0.493 e. The van der Waals surface area contributed by atoms with Crippen LogP contribution in [0.3, 0.4) is 0 Å². The molecule has 2 heterocycles. The summed E-state index contributed by atoms with van der Waals surface area (Å²) < 4.78 is 5.52. The first-order valence-electron chi connectivity index (χ1n) is 9.61. The van der Waals surface area contributed by atoms with Crippen molar-refractivity contribution < 1.29 is 9.53 Å². The van der Waals surface area contributed by atoms with Crippen molar-refractivity contribution in [2.24, 2.45) is 0 Å². The highest BCUT2D eigenvalue weighted by molar-refractivity contribution is 5.94. The second kappa shape index (κ2) is 7.92. The SMILES string of the molecule is O=C(NCC1CCCCN1Cc1ccccc1)c1ccc2c(c1)CCO2. The number of carbonyl (C=O) groups excluding carboxylic acids is 1. The van der Waals surface area contributed by atoms with Gasteiger partial charge in [0.05, 0.1) is 6.61 Å². The number of nitrogens with one attached hydrogen (secondary N) is 1. The summed E-state index contributed by atoms with van der Waals surface area (Å²) in [5, 5.41) is 3.15. The fraction of sp³-hybridized carbons (Fsp3) is 0.409. The van der Waals surface area contributed by atoms with Gasteiger partial charge >= 0.3 is 0 Å². The van der Waals surface area contributed by atoms with Gasteiger partial charge in [0, 0.05) is 31.1 Å². The van der Waals surface area contributed by atoms with Crippen molar-refractivity contribution in [2.75, 3.05) is 19.7 Å². The first-order chi connectivity index (χ1) is 12.8. The van der Waals surface area contributed by atoms with E-state index in [4.69, 9.17) is 4.74 Å². The van der Waals surface area contributed by atoms with Gasteiger partial charge in [0.25, 0.3) is 5.91 Å². The van der Waals surface area contributed by atoms with Gasteiger partial charge in [-0.15, -0.1) is 0 Å². The Hall–Kier alpha value is -2.33. The first-order valence-corrected chi connectivity index (χ1v) is 9.61. The molecule has 1 fully saturated rings. The van der Waals surface area contributed by atoms with E-state index in [0.29, 0.717) is 12.6 Å². The van der Waals surface area contributed by atoms with Crippen molar-refractivity contribution in [2.45, 2.75) is 38.3 Å². The molecule has 1 N–H and O–H groups in total. The summed E-state index contributed by atoms with van der Waals surface area (Å²) in [4.78, 5) is 15.1. The molecule has 1 atom stereocenters. The third-order valence-electron chi connectivity index (χ3n) is 5.43. The number of nitrogens with zero attached hydrogens (tertiary/aromatic N) is 1. The normalized spacial score (nSPS) is 19.6. The van der Waals surface area contributed by atoms with E-state index < -0.39 is 0 Å². The minimum atomic E-state index is 0.0185. The molecule has 0 spiro atoms. The van der Waals surface area contributed by atoms with Crippen molar-refractivity contribution in [1.82, 2.24) is 10.2 Å². The zero-order valence-corrected chi connectivity index (χ0v) is 15.1. The Morgan fingerprint density at radius 1 is 1.15 bits per heavy atom. The van der Waals surface area contributed by atoms with Crippen LogP contribution in [0.25, 0.3) is 0 Å². The number of ether oxygens (including phenoxy) is 1. The van der Waals surface area contributed by atoms with Crippen LogP contribution in [0, 0.1) is 0 Å². The molecule has 4 nitrogen and oxygen atoms in total. The number of likely N-dealkylation sites (tertiary alicyclic amines) is 1. The van der Waals surface area contributed by atoms with E-state index in [1.54, 1.807) is 0 Å². The number of rotatable bonds is 5. The Balaban J connectivity index is 1.36. The molecule has 1 amide bonds. The van der Waals surface area contributed by atoms with E-state index in [1.807, 2.05) is 18.2 Å². The van der Waals surface area contributed by atoms with E-state index >= 15 is 0 Å². The molecule has 0 aliphatic carbocycles. The van der Waals surface area contributed by atoms with Crippen LogP contribution in [0.1, 0.15) is 40.7 Å². The predicted octanol–water partition coefficient (Wildman–Crippen LogP) is 3.41. The third-order valence-corrected chi connectivity index (χ3v) is 5.43. The fourth-order valence-corrected chi connectivity index (χ4v) is 3.96. The number of hydrogen-bond donors (Lipinski definition) is 1. The van der Waals surface area contributed by atoms with Gasteiger partial charge in [-0.2, -0.15) is 0 Å². The van der Waals surface area contributed by atoms with Crippen molar-refractivity contribution in [1.29, 1.82) is 0 Å². The summed E-state index contributed by atoms with van der Waals surface area (Å²) in [5.41, 5.74) is 3.21. The highest BCUT2D eigenvalue weighted by atomic mass is 16.5. The molecule has 1 unspecified atom stereocenters. The van der Waals surface area contributed by atoms with Crippen LogP contribution in [0.2, 0.25) is 0 Å². The molecule has 0 radical (unpaired) electrons. The Morgan fingerprint density at radius 3 is 2.92 bits per heavy atom. The molecule has 0 aromatic heterocycles. The van der Waals surface area contributed by atoms with Gasteiger partial charge < -0.3 is 10.1 Å². The van der Waals surface area contributed by atoms with Gasteiger partial charge in [-0.1, -0.05) is 36.8 Å². The third kappa shape index (κ3) is 3.91. The Morgan fingerprint density at radius 2 is 2.04 bits per heavy atom. The zero-order valence-electron chi connectivity index (χ0n) is 15.1. The lowest BCUT2D eigenvalue weighted by Crippen LogP contribution is -2.46. The lowest BCUT2D eigenvalue weighted by atomic mass is 10.0. The minimum absolute atomic E-state index is 0.0185. The summed E-state index contributed by atoms with van der Waals surface area (Å²) in [5.74, 6) is 0.938. The molecular weight excluding hydrogens is 324 g/mol. The van der Waals surface area contributed by atoms with Gasteiger partial charge in [-0.3, -0.25) is 9.69 Å². The second-order valence-corrected chi connectivity index (χ2v) is 7.24. The summed E-state index contributed by atoms with van der Waals surface area (Å²) in [6.07, 6.45) is 4.51. The largest absolute Gasteiger partial charge is 0.493 e. The van der Waals surface area contributed by atoms with Crippen molar-refractivity contribution >= 4 is 5.91 Å². The summed E-state index contributed by atoms with van der Waals surface area (Å²) >= 11 is 0. The average Bonchev–Trinajstić information content (AvgIpc) is 3.16. The molecule has 2 aromatic carbocycles. The van der Waals surface area contributed by atoms with Crippen LogP contribution in [0.15, 0.2) is 48.5 Å². The average molecular weight is 350 g/mol. The Bertz CT molecular complexity index is 760. The topological polar surface area (TPSA) is 41.6 Å². The van der Waals surface area contributed by atoms with Gasteiger partial charge in [0.2, 0.25) is 0 Å². The number of piperidine rings is 1. The van der Waals surface area contributed by atoms with Gasteiger partial charge in [-0.05, 0) is 48.7 Å². The van der Waals surface area contributed by atoms with E-state index in [1.165, 1.54) is 18.4 Å². The summed E-state index contributed by atoms with van der Waals surface area (Å²) in [7, 11) is 0. The fourth-order valence-electron chi connectivity index (χ4n) is 3.96. The quantitative estimate of drug-likeness (QED) is 0.898. The molecule has 2 aliphatic rings. The maximum absolute atomic E-state index is 12.6. The number of benzene rings is 2. The molecule has 0 saturated carbocycles. The molecule has 1 saturated heterocycles. The van der Waals surface area contributed by atoms with Crippen LogP contribution >= 0.6 is 0 Å². The first kappa shape index (κ1) is 17.1. The summed E-state index contributed by atoms with van der Waals surface area (Å²) in [6.45, 7) is 3.49. The van der Waals surface area contributed by atoms with Crippen LogP contribution < -0.4 is 10.1 Å². The highest BCUT2D eigenvalue weighted by Crippen LogP contribution is 2.26. The maximum atomic E-state index is 12.6. The maximum Gasteiger partial charge on any atom is 0.251 e. The molecule has 26 heavy (non-hydrogen) atoms. The zero-order chi connectivity index (χ0) is 17.8. The lowest BCUT2D eigenvalue weighted by Gasteiger charge is -2.36. The standard InChI is InChI=1S/C22H26N2O2/c25-22(19-9-10-21-18(14-19)11-13-26-21)23-15-20-8-4-5-12-24(20)16-17-6-2-1-3-7-17/h1-3,6-7,9-10,14,20H,4-5,8,11-13,15-16H2,(H,23,25).